The van der Waals surface area contributed by atoms with Crippen molar-refractivity contribution in [3.05, 3.63) is 73.7 Å². The Balaban J connectivity index is 1.10. The molecule has 0 unspecified atom stereocenters. The molecule has 3 aromatic rings. The van der Waals surface area contributed by atoms with Gasteiger partial charge in [0.15, 0.2) is 0 Å². The first-order valence-corrected chi connectivity index (χ1v) is 18.5. The lowest BCUT2D eigenvalue weighted by Gasteiger charge is -2.39. The number of nitrogens with one attached hydrogen (secondary N) is 2. The molecule has 3 saturated heterocycles. The third-order valence-electron chi connectivity index (χ3n) is 10.1. The van der Waals surface area contributed by atoms with E-state index in [2.05, 4.69) is 59.0 Å². The fourth-order valence-corrected chi connectivity index (χ4v) is 8.59. The summed E-state index contributed by atoms with van der Waals surface area (Å²) in [5.74, 6) is 0.00709. The molecule has 6 rings (SSSR count). The Bertz CT molecular complexity index is 1610. The Morgan fingerprint density at radius 1 is 0.896 bits per heavy atom. The van der Waals surface area contributed by atoms with Crippen LogP contribution in [0.2, 0.25) is 0 Å². The maximum atomic E-state index is 14.1. The Morgan fingerprint density at radius 2 is 1.54 bits per heavy atom. The summed E-state index contributed by atoms with van der Waals surface area (Å²) in [7, 11) is 2.18. The maximum absolute atomic E-state index is 14.1. The highest BCUT2D eigenvalue weighted by Crippen LogP contribution is 2.34. The Morgan fingerprint density at radius 3 is 2.23 bits per heavy atom. The number of aromatic nitrogens is 2. The zero-order valence-corrected chi connectivity index (χ0v) is 30.6. The molecule has 3 aliphatic rings. The van der Waals surface area contributed by atoms with Crippen LogP contribution in [0.3, 0.4) is 0 Å². The zero-order chi connectivity index (χ0) is 33.8. The molecule has 13 heteroatoms. The van der Waals surface area contributed by atoms with Crippen LogP contribution in [0.1, 0.15) is 43.7 Å². The molecule has 3 aliphatic heterocycles. The average molecular weight is 788 g/mol. The molecule has 3 N–H and O–H groups in total. The first kappa shape index (κ1) is 34.7. The molecule has 3 fully saturated rings. The summed E-state index contributed by atoms with van der Waals surface area (Å²) in [6.07, 6.45) is 6.43. The fourth-order valence-electron chi connectivity index (χ4n) is 7.31. The molecule has 0 bridgehead atoms. The molecule has 48 heavy (non-hydrogen) atoms. The first-order valence-electron chi connectivity index (χ1n) is 17.0. The van der Waals surface area contributed by atoms with Gasteiger partial charge in [0, 0.05) is 64.0 Å². The number of urea groups is 1. The summed E-state index contributed by atoms with van der Waals surface area (Å²) in [6.45, 7) is 6.61. The predicted molar refractivity (Wildman–Crippen MR) is 193 cm³/mol. The number of phenols is 1. The van der Waals surface area contributed by atoms with E-state index in [0.717, 1.165) is 62.3 Å². The SMILES string of the molecule is CN1CCCN(C2CCN(C(=O)[C@@H](Cc3cc(Br)c(O)c(Br)c3)NC(=O)N3CCC(n4cc(-c5ccccc5)[nH]c4=O)CC3)CC2)CC1. The number of aromatic amines is 1. The lowest BCUT2D eigenvalue weighted by Crippen LogP contribution is -2.56. The minimum atomic E-state index is -0.761. The van der Waals surface area contributed by atoms with E-state index in [1.807, 2.05) is 41.4 Å². The second kappa shape index (κ2) is 15.6. The van der Waals surface area contributed by atoms with Gasteiger partial charge < -0.3 is 30.1 Å². The third-order valence-corrected chi connectivity index (χ3v) is 11.3. The molecule has 258 valence electrons. The summed E-state index contributed by atoms with van der Waals surface area (Å²) in [5.41, 5.74) is 2.39. The van der Waals surface area contributed by atoms with Gasteiger partial charge in [0.25, 0.3) is 0 Å². The number of hydrogen-bond donors (Lipinski definition) is 3. The number of likely N-dealkylation sites (N-methyl/N-ethyl adjacent to an activating group) is 1. The van der Waals surface area contributed by atoms with Crippen LogP contribution >= 0.6 is 31.9 Å². The number of carbonyl (C=O) groups is 2. The largest absolute Gasteiger partial charge is 0.506 e. The van der Waals surface area contributed by atoms with Crippen molar-refractivity contribution in [1.82, 2.24) is 34.5 Å². The Kier molecular flexibility index (Phi) is 11.3. The minimum Gasteiger partial charge on any atom is -0.506 e. The zero-order valence-electron chi connectivity index (χ0n) is 27.4. The van der Waals surface area contributed by atoms with Crippen molar-refractivity contribution in [2.45, 2.75) is 56.7 Å². The number of phenolic OH excluding ortho intramolecular Hbond substituents is 1. The lowest BCUT2D eigenvalue weighted by molar-refractivity contribution is -0.134. The Labute approximate surface area is 298 Å². The summed E-state index contributed by atoms with van der Waals surface area (Å²) >= 11 is 6.81. The van der Waals surface area contributed by atoms with Crippen molar-refractivity contribution >= 4 is 43.8 Å². The van der Waals surface area contributed by atoms with Gasteiger partial charge in [-0.2, -0.15) is 0 Å². The summed E-state index contributed by atoms with van der Waals surface area (Å²) in [4.78, 5) is 52.2. The van der Waals surface area contributed by atoms with Gasteiger partial charge in [0.05, 0.1) is 14.6 Å². The van der Waals surface area contributed by atoms with Crippen molar-refractivity contribution in [1.29, 1.82) is 0 Å². The highest BCUT2D eigenvalue weighted by atomic mass is 79.9. The third kappa shape index (κ3) is 8.18. The fraction of sp³-hybridized carbons (Fsp3) is 0.514. The number of rotatable bonds is 7. The second-order valence-electron chi connectivity index (χ2n) is 13.3. The molecule has 0 spiro atoms. The van der Waals surface area contributed by atoms with Crippen LogP contribution in [0.15, 0.2) is 62.4 Å². The highest BCUT2D eigenvalue weighted by molar-refractivity contribution is 9.11. The normalized spacial score (nSPS) is 19.6. The van der Waals surface area contributed by atoms with Crippen molar-refractivity contribution < 1.29 is 14.7 Å². The predicted octanol–water partition coefficient (Wildman–Crippen LogP) is 4.66. The van der Waals surface area contributed by atoms with E-state index in [1.54, 1.807) is 21.6 Å². The molecule has 1 atom stereocenters. The van der Waals surface area contributed by atoms with E-state index < -0.39 is 6.04 Å². The number of halogens is 2. The number of nitrogens with zero attached hydrogens (tertiary/aromatic N) is 5. The van der Waals surface area contributed by atoms with Crippen LogP contribution in [0, 0.1) is 0 Å². The van der Waals surface area contributed by atoms with Crippen LogP contribution in [0.4, 0.5) is 4.79 Å². The van der Waals surface area contributed by atoms with Crippen LogP contribution in [-0.2, 0) is 11.2 Å². The highest BCUT2D eigenvalue weighted by Gasteiger charge is 2.34. The van der Waals surface area contributed by atoms with E-state index in [0.29, 0.717) is 54.0 Å². The monoisotopic (exact) mass is 785 g/mol. The molecular formula is C35H45Br2N7O4. The van der Waals surface area contributed by atoms with Gasteiger partial charge in [-0.15, -0.1) is 0 Å². The molecule has 0 aliphatic carbocycles. The van der Waals surface area contributed by atoms with Crippen molar-refractivity contribution in [3.8, 4) is 17.0 Å². The molecule has 1 aromatic heterocycles. The van der Waals surface area contributed by atoms with Crippen molar-refractivity contribution in [2.75, 3.05) is 59.4 Å². The average Bonchev–Trinajstić information content (AvgIpc) is 3.36. The summed E-state index contributed by atoms with van der Waals surface area (Å²) in [5, 5.41) is 13.3. The first-order chi connectivity index (χ1) is 23.2. The molecular weight excluding hydrogens is 742 g/mol. The number of hydrogen-bond acceptors (Lipinski definition) is 6. The molecule has 4 heterocycles. The van der Waals surface area contributed by atoms with Crippen LogP contribution in [-0.4, -0.2) is 118 Å². The van der Waals surface area contributed by atoms with Gasteiger partial charge in [-0.05, 0) is 107 Å². The van der Waals surface area contributed by atoms with Gasteiger partial charge in [-0.3, -0.25) is 14.3 Å². The van der Waals surface area contributed by atoms with Crippen molar-refractivity contribution in [2.24, 2.45) is 0 Å². The summed E-state index contributed by atoms with van der Waals surface area (Å²) in [6, 6.07) is 12.7. The summed E-state index contributed by atoms with van der Waals surface area (Å²) < 4.78 is 2.79. The second-order valence-corrected chi connectivity index (χ2v) is 15.0. The Hall–Kier alpha value is -3.13. The van der Waals surface area contributed by atoms with Crippen LogP contribution in [0.5, 0.6) is 5.75 Å². The minimum absolute atomic E-state index is 0.0229. The van der Waals surface area contributed by atoms with Crippen LogP contribution in [0.25, 0.3) is 11.3 Å². The standard InChI is InChI=1S/C35H45Br2N7O4/c1-40-12-5-13-41(19-18-40)26-8-14-42(15-9-26)33(46)30(22-24-20-28(36)32(45)29(37)21-24)38-34(47)43-16-10-27(11-17-43)44-23-31(39-35(44)48)25-6-3-2-4-7-25/h2-4,6-7,20-21,23,26-27,30,45H,5,8-19,22H2,1H3,(H,38,47)(H,39,48)/t30-/m1/s1. The topological polar surface area (TPSA) is 117 Å². The quantitative estimate of drug-likeness (QED) is 0.321. The van der Waals surface area contributed by atoms with E-state index >= 15 is 0 Å². The van der Waals surface area contributed by atoms with Gasteiger partial charge in [-0.25, -0.2) is 9.59 Å². The maximum Gasteiger partial charge on any atom is 0.326 e. The lowest BCUT2D eigenvalue weighted by atomic mass is 9.99. The number of likely N-dealkylation sites (tertiary alicyclic amines) is 2. The van der Waals surface area contributed by atoms with Crippen LogP contribution < -0.4 is 11.0 Å². The van der Waals surface area contributed by atoms with Gasteiger partial charge in [-0.1, -0.05) is 30.3 Å². The molecule has 11 nitrogen and oxygen atoms in total. The number of imidazole rings is 1. The molecule has 0 radical (unpaired) electrons. The smallest absolute Gasteiger partial charge is 0.326 e. The molecule has 3 amide bonds. The number of carbonyl (C=O) groups excluding carboxylic acids is 2. The van der Waals surface area contributed by atoms with E-state index in [1.165, 1.54) is 0 Å². The number of piperidine rings is 2. The van der Waals surface area contributed by atoms with E-state index in [4.69, 9.17) is 0 Å². The van der Waals surface area contributed by atoms with Gasteiger partial charge in [0.1, 0.15) is 11.8 Å². The number of amides is 3. The van der Waals surface area contributed by atoms with Crippen molar-refractivity contribution in [3.63, 3.8) is 0 Å². The van der Waals surface area contributed by atoms with Gasteiger partial charge in [0.2, 0.25) is 5.91 Å². The number of benzene rings is 2. The molecule has 0 saturated carbocycles. The van der Waals surface area contributed by atoms with E-state index in [-0.39, 0.29) is 35.8 Å². The molecule has 2 aromatic carbocycles. The number of H-pyrrole nitrogens is 1. The van der Waals surface area contributed by atoms with E-state index in [9.17, 15) is 19.5 Å². The number of aromatic hydroxyl groups is 1. The van der Waals surface area contributed by atoms with Gasteiger partial charge >= 0.3 is 11.7 Å².